The van der Waals surface area contributed by atoms with Crippen LogP contribution in [-0.4, -0.2) is 39.8 Å². The normalized spacial score (nSPS) is 17.1. The first-order chi connectivity index (χ1) is 10.7. The number of benzene rings is 1. The standard InChI is InChI=1S/C16H23BrN2O3.ClH/c1-21-13-8-12(9-14(22-2)15(13)17)16(20)19-7-5-11-4-3-6-18-10-11;/h8-9,11,18H,3-7,10H2,1-2H3,(H,19,20);1H. The fourth-order valence-electron chi connectivity index (χ4n) is 2.66. The van der Waals surface area contributed by atoms with E-state index in [0.717, 1.165) is 19.5 Å². The van der Waals surface area contributed by atoms with Crippen LogP contribution in [0.5, 0.6) is 11.5 Å². The summed E-state index contributed by atoms with van der Waals surface area (Å²) in [6, 6.07) is 3.42. The largest absolute Gasteiger partial charge is 0.495 e. The lowest BCUT2D eigenvalue weighted by molar-refractivity contribution is 0.0950. The van der Waals surface area contributed by atoms with Crippen LogP contribution in [0.4, 0.5) is 0 Å². The van der Waals surface area contributed by atoms with Crippen molar-refractivity contribution in [3.8, 4) is 11.5 Å². The van der Waals surface area contributed by atoms with Gasteiger partial charge in [0.2, 0.25) is 0 Å². The number of hydrogen-bond donors (Lipinski definition) is 2. The van der Waals surface area contributed by atoms with Crippen LogP contribution in [0.25, 0.3) is 0 Å². The number of ether oxygens (including phenoxy) is 2. The van der Waals surface area contributed by atoms with Gasteiger partial charge in [-0.1, -0.05) is 0 Å². The van der Waals surface area contributed by atoms with Gasteiger partial charge < -0.3 is 20.1 Å². The molecule has 1 saturated heterocycles. The summed E-state index contributed by atoms with van der Waals surface area (Å²) in [6.45, 7) is 2.85. The summed E-state index contributed by atoms with van der Waals surface area (Å²) in [5.41, 5.74) is 0.540. The molecule has 7 heteroatoms. The molecule has 2 N–H and O–H groups in total. The number of nitrogens with one attached hydrogen (secondary N) is 2. The fraction of sp³-hybridized carbons (Fsp3) is 0.562. The predicted octanol–water partition coefficient (Wildman–Crippen LogP) is 3.01. The Morgan fingerprint density at radius 2 is 2.00 bits per heavy atom. The molecule has 1 aliphatic heterocycles. The van der Waals surface area contributed by atoms with Gasteiger partial charge in [-0.2, -0.15) is 0 Å². The molecule has 0 spiro atoms. The van der Waals surface area contributed by atoms with Crippen molar-refractivity contribution in [1.29, 1.82) is 0 Å². The number of rotatable bonds is 6. The van der Waals surface area contributed by atoms with Gasteiger partial charge in [-0.15, -0.1) is 12.4 Å². The Morgan fingerprint density at radius 3 is 2.52 bits per heavy atom. The summed E-state index contributed by atoms with van der Waals surface area (Å²) in [5, 5.41) is 6.37. The summed E-state index contributed by atoms with van der Waals surface area (Å²) in [6.07, 6.45) is 3.46. The van der Waals surface area contributed by atoms with E-state index in [2.05, 4.69) is 26.6 Å². The quantitative estimate of drug-likeness (QED) is 0.761. The van der Waals surface area contributed by atoms with Gasteiger partial charge in [0.05, 0.1) is 14.2 Å². The van der Waals surface area contributed by atoms with Gasteiger partial charge in [0.15, 0.2) is 0 Å². The van der Waals surface area contributed by atoms with E-state index in [1.807, 2.05) is 0 Å². The molecule has 0 bridgehead atoms. The number of carbonyl (C=O) groups excluding carboxylic acids is 1. The third kappa shape index (κ3) is 5.55. The predicted molar refractivity (Wildman–Crippen MR) is 97.0 cm³/mol. The molecule has 1 aromatic carbocycles. The van der Waals surface area contributed by atoms with Crippen molar-refractivity contribution >= 4 is 34.2 Å². The summed E-state index contributed by atoms with van der Waals surface area (Å²) in [7, 11) is 3.13. The first-order valence-electron chi connectivity index (χ1n) is 7.56. The van der Waals surface area contributed by atoms with Crippen LogP contribution in [0.3, 0.4) is 0 Å². The van der Waals surface area contributed by atoms with Gasteiger partial charge in [0.25, 0.3) is 5.91 Å². The zero-order valence-electron chi connectivity index (χ0n) is 13.5. The Hall–Kier alpha value is -0.980. The highest BCUT2D eigenvalue weighted by Crippen LogP contribution is 2.35. The lowest BCUT2D eigenvalue weighted by Crippen LogP contribution is -2.33. The average molecular weight is 408 g/mol. The Bertz CT molecular complexity index is 497. The van der Waals surface area contributed by atoms with Crippen molar-refractivity contribution in [3.63, 3.8) is 0 Å². The summed E-state index contributed by atoms with van der Waals surface area (Å²) in [4.78, 5) is 12.3. The van der Waals surface area contributed by atoms with Gasteiger partial charge in [-0.3, -0.25) is 4.79 Å². The molecule has 1 aromatic rings. The second-order valence-electron chi connectivity index (χ2n) is 5.45. The second kappa shape index (κ2) is 10.0. The molecule has 1 aliphatic rings. The summed E-state index contributed by atoms with van der Waals surface area (Å²) >= 11 is 3.40. The van der Waals surface area contributed by atoms with E-state index in [1.165, 1.54) is 12.8 Å². The van der Waals surface area contributed by atoms with Crippen LogP contribution >= 0.6 is 28.3 Å². The van der Waals surface area contributed by atoms with Gasteiger partial charge >= 0.3 is 0 Å². The Kier molecular flexibility index (Phi) is 8.73. The SMILES string of the molecule is COc1cc(C(=O)NCCC2CCCNC2)cc(OC)c1Br.Cl. The van der Waals surface area contributed by atoms with E-state index in [1.54, 1.807) is 26.4 Å². The summed E-state index contributed by atoms with van der Waals surface area (Å²) < 4.78 is 11.2. The van der Waals surface area contributed by atoms with Crippen LogP contribution in [-0.2, 0) is 0 Å². The third-order valence-electron chi connectivity index (χ3n) is 3.94. The molecule has 0 aliphatic carbocycles. The molecule has 0 radical (unpaired) electrons. The number of halogens is 2. The maximum atomic E-state index is 12.3. The van der Waals surface area contributed by atoms with Gasteiger partial charge in [-0.25, -0.2) is 0 Å². The van der Waals surface area contributed by atoms with E-state index in [0.29, 0.717) is 34.0 Å². The number of piperidine rings is 1. The second-order valence-corrected chi connectivity index (χ2v) is 6.24. The molecule has 23 heavy (non-hydrogen) atoms. The maximum Gasteiger partial charge on any atom is 0.251 e. The monoisotopic (exact) mass is 406 g/mol. The van der Waals surface area contributed by atoms with E-state index in [9.17, 15) is 4.79 Å². The number of hydrogen-bond acceptors (Lipinski definition) is 4. The first-order valence-corrected chi connectivity index (χ1v) is 8.35. The van der Waals surface area contributed by atoms with Crippen LogP contribution < -0.4 is 20.1 Å². The number of methoxy groups -OCH3 is 2. The van der Waals surface area contributed by atoms with Crippen LogP contribution in [0, 0.1) is 5.92 Å². The minimum Gasteiger partial charge on any atom is -0.495 e. The van der Waals surface area contributed by atoms with Crippen molar-refractivity contribution in [2.75, 3.05) is 33.9 Å². The highest BCUT2D eigenvalue weighted by Gasteiger charge is 2.16. The molecule has 1 atom stereocenters. The minimum atomic E-state index is -0.104. The fourth-order valence-corrected chi connectivity index (χ4v) is 3.22. The molecule has 0 aromatic heterocycles. The molecule has 1 heterocycles. The Balaban J connectivity index is 0.00000264. The molecular formula is C16H24BrClN2O3. The molecule has 2 rings (SSSR count). The smallest absolute Gasteiger partial charge is 0.251 e. The van der Waals surface area contributed by atoms with E-state index in [-0.39, 0.29) is 18.3 Å². The molecule has 1 fully saturated rings. The molecule has 5 nitrogen and oxygen atoms in total. The van der Waals surface area contributed by atoms with Crippen LogP contribution in [0.2, 0.25) is 0 Å². The first kappa shape index (κ1) is 20.1. The van der Waals surface area contributed by atoms with Crippen molar-refractivity contribution in [2.45, 2.75) is 19.3 Å². The highest BCUT2D eigenvalue weighted by atomic mass is 79.9. The lowest BCUT2D eigenvalue weighted by Gasteiger charge is -2.22. The van der Waals surface area contributed by atoms with Gasteiger partial charge in [0, 0.05) is 12.1 Å². The van der Waals surface area contributed by atoms with Crippen LogP contribution in [0.15, 0.2) is 16.6 Å². The maximum absolute atomic E-state index is 12.3. The average Bonchev–Trinajstić information content (AvgIpc) is 2.56. The van der Waals surface area contributed by atoms with E-state index in [4.69, 9.17) is 9.47 Å². The lowest BCUT2D eigenvalue weighted by atomic mass is 9.96. The van der Waals surface area contributed by atoms with Crippen molar-refractivity contribution in [2.24, 2.45) is 5.92 Å². The van der Waals surface area contributed by atoms with E-state index < -0.39 is 0 Å². The molecule has 130 valence electrons. The molecule has 1 unspecified atom stereocenters. The van der Waals surface area contributed by atoms with Crippen LogP contribution in [0.1, 0.15) is 29.6 Å². The van der Waals surface area contributed by atoms with Gasteiger partial charge in [0.1, 0.15) is 16.0 Å². The van der Waals surface area contributed by atoms with Crippen molar-refractivity contribution < 1.29 is 14.3 Å². The molecular weight excluding hydrogens is 384 g/mol. The number of carbonyl (C=O) groups is 1. The Labute approximate surface area is 152 Å². The third-order valence-corrected chi connectivity index (χ3v) is 4.73. The van der Waals surface area contributed by atoms with Crippen molar-refractivity contribution in [3.05, 3.63) is 22.2 Å². The zero-order chi connectivity index (χ0) is 15.9. The topological polar surface area (TPSA) is 59.6 Å². The minimum absolute atomic E-state index is 0. The number of amides is 1. The molecule has 0 saturated carbocycles. The Morgan fingerprint density at radius 1 is 1.35 bits per heavy atom. The zero-order valence-corrected chi connectivity index (χ0v) is 15.9. The molecule has 1 amide bonds. The van der Waals surface area contributed by atoms with E-state index >= 15 is 0 Å². The van der Waals surface area contributed by atoms with Gasteiger partial charge in [-0.05, 0) is 66.3 Å². The van der Waals surface area contributed by atoms with Crippen molar-refractivity contribution in [1.82, 2.24) is 10.6 Å². The summed E-state index contributed by atoms with van der Waals surface area (Å²) in [5.74, 6) is 1.72. The highest BCUT2D eigenvalue weighted by molar-refractivity contribution is 9.10.